The first kappa shape index (κ1) is 27.2. The lowest BCUT2D eigenvalue weighted by Gasteiger charge is -2.27. The minimum atomic E-state index is -0.479. The molecule has 0 atom stereocenters. The number of nitrogens with zero attached hydrogens (tertiary/aromatic N) is 5. The zero-order chi connectivity index (χ0) is 27.1. The first-order chi connectivity index (χ1) is 18.3. The molecule has 7 nitrogen and oxygen atoms in total. The highest BCUT2D eigenvalue weighted by Crippen LogP contribution is 2.20. The van der Waals surface area contributed by atoms with Gasteiger partial charge in [0.25, 0.3) is 5.91 Å². The van der Waals surface area contributed by atoms with Gasteiger partial charge in [0, 0.05) is 43.9 Å². The molecule has 0 saturated carbocycles. The van der Waals surface area contributed by atoms with E-state index >= 15 is 0 Å². The topological polar surface area (TPSA) is 69.6 Å². The van der Waals surface area contributed by atoms with Crippen molar-refractivity contribution in [1.29, 1.82) is 0 Å². The Morgan fingerprint density at radius 3 is 2.39 bits per heavy atom. The van der Waals surface area contributed by atoms with Gasteiger partial charge in [-0.15, -0.1) is 10.2 Å². The van der Waals surface area contributed by atoms with E-state index in [1.165, 1.54) is 35.2 Å². The Morgan fingerprint density at radius 1 is 0.921 bits per heavy atom. The van der Waals surface area contributed by atoms with Crippen LogP contribution in [0.25, 0.3) is 11.3 Å². The van der Waals surface area contributed by atoms with Crippen LogP contribution in [-0.2, 0) is 4.79 Å². The number of hydrogen-bond donors (Lipinski definition) is 0. The Labute approximate surface area is 222 Å². The highest BCUT2D eigenvalue weighted by atomic mass is 19.1. The maximum atomic E-state index is 13.7. The van der Waals surface area contributed by atoms with Crippen molar-refractivity contribution in [2.24, 2.45) is 5.92 Å². The fourth-order valence-corrected chi connectivity index (χ4v) is 4.40. The van der Waals surface area contributed by atoms with Gasteiger partial charge in [0.05, 0.1) is 5.69 Å². The van der Waals surface area contributed by atoms with Crippen LogP contribution < -0.4 is 4.90 Å². The minimum Gasteiger partial charge on any atom is -0.353 e. The molecule has 9 heteroatoms. The molecule has 0 bridgehead atoms. The third kappa shape index (κ3) is 7.12. The molecule has 2 heterocycles. The second-order valence-electron chi connectivity index (χ2n) is 9.92. The molecule has 0 aliphatic carbocycles. The monoisotopic (exact) mass is 521 g/mol. The summed E-state index contributed by atoms with van der Waals surface area (Å²) in [4.78, 5) is 31.8. The first-order valence-corrected chi connectivity index (χ1v) is 13.0. The number of amides is 2. The van der Waals surface area contributed by atoms with Crippen LogP contribution >= 0.6 is 0 Å². The van der Waals surface area contributed by atoms with E-state index < -0.39 is 5.82 Å². The number of halogens is 2. The normalized spacial score (nSPS) is 13.9. The van der Waals surface area contributed by atoms with Crippen molar-refractivity contribution in [3.05, 3.63) is 77.9 Å². The minimum absolute atomic E-state index is 0.0474. The van der Waals surface area contributed by atoms with E-state index in [4.69, 9.17) is 0 Å². The molecule has 1 fully saturated rings. The van der Waals surface area contributed by atoms with Crippen LogP contribution in [0.3, 0.4) is 0 Å². The van der Waals surface area contributed by atoms with Gasteiger partial charge in [0.15, 0.2) is 5.82 Å². The summed E-state index contributed by atoms with van der Waals surface area (Å²) in [5.41, 5.74) is 1.68. The Bertz CT molecular complexity index is 1230. The Morgan fingerprint density at radius 2 is 1.71 bits per heavy atom. The van der Waals surface area contributed by atoms with Crippen LogP contribution in [0.2, 0.25) is 0 Å². The van der Waals surface area contributed by atoms with Crippen LogP contribution in [0.15, 0.2) is 60.7 Å². The Balaban J connectivity index is 1.38. The van der Waals surface area contributed by atoms with Crippen molar-refractivity contribution < 1.29 is 18.4 Å². The van der Waals surface area contributed by atoms with Crippen molar-refractivity contribution in [2.75, 3.05) is 44.2 Å². The van der Waals surface area contributed by atoms with E-state index in [9.17, 15) is 18.4 Å². The predicted octanol–water partition coefficient (Wildman–Crippen LogP) is 4.65. The number of benzene rings is 2. The van der Waals surface area contributed by atoms with Crippen molar-refractivity contribution in [1.82, 2.24) is 20.0 Å². The summed E-state index contributed by atoms with van der Waals surface area (Å²) in [7, 11) is 0. The van der Waals surface area contributed by atoms with Crippen LogP contribution in [0.4, 0.5) is 14.6 Å². The highest BCUT2D eigenvalue weighted by Gasteiger charge is 2.25. The molecular formula is C29H33F2N5O2. The molecular weight excluding hydrogens is 488 g/mol. The van der Waals surface area contributed by atoms with Gasteiger partial charge in [-0.1, -0.05) is 19.9 Å². The Kier molecular flexibility index (Phi) is 8.99. The number of anilines is 1. The third-order valence-corrected chi connectivity index (χ3v) is 6.62. The molecule has 2 amide bonds. The fraction of sp³-hybridized carbons (Fsp3) is 0.379. The smallest absolute Gasteiger partial charge is 0.254 e. The van der Waals surface area contributed by atoms with E-state index in [1.54, 1.807) is 23.1 Å². The molecule has 0 radical (unpaired) electrons. The Hall–Kier alpha value is -3.88. The highest BCUT2D eigenvalue weighted by molar-refractivity contribution is 5.96. The van der Waals surface area contributed by atoms with E-state index in [0.717, 1.165) is 18.4 Å². The van der Waals surface area contributed by atoms with Gasteiger partial charge >= 0.3 is 0 Å². The summed E-state index contributed by atoms with van der Waals surface area (Å²) in [6.45, 7) is 6.86. The lowest BCUT2D eigenvalue weighted by Crippen LogP contribution is -2.44. The molecule has 0 N–H and O–H groups in total. The first-order valence-electron chi connectivity index (χ1n) is 13.0. The van der Waals surface area contributed by atoms with Crippen molar-refractivity contribution in [3.8, 4) is 11.3 Å². The second-order valence-corrected chi connectivity index (χ2v) is 9.92. The molecule has 200 valence electrons. The van der Waals surface area contributed by atoms with E-state index in [0.29, 0.717) is 50.2 Å². The molecule has 0 unspecified atom stereocenters. The molecule has 1 aliphatic rings. The van der Waals surface area contributed by atoms with Gasteiger partial charge in [-0.2, -0.15) is 0 Å². The summed E-state index contributed by atoms with van der Waals surface area (Å²) < 4.78 is 26.9. The van der Waals surface area contributed by atoms with Gasteiger partial charge < -0.3 is 14.7 Å². The maximum absolute atomic E-state index is 13.7. The third-order valence-electron chi connectivity index (χ3n) is 6.62. The maximum Gasteiger partial charge on any atom is 0.254 e. The zero-order valence-corrected chi connectivity index (χ0v) is 21.8. The lowest BCUT2D eigenvalue weighted by molar-refractivity contribution is -0.131. The SMILES string of the molecule is CC(C)CCN(CC(=O)N1CCCN(c2ccc(-c3ccc(F)cc3)nn2)CC1)C(=O)c1cccc(F)c1. The zero-order valence-electron chi connectivity index (χ0n) is 21.8. The number of rotatable bonds is 8. The molecule has 1 aliphatic heterocycles. The van der Waals surface area contributed by atoms with Gasteiger partial charge in [-0.3, -0.25) is 9.59 Å². The summed E-state index contributed by atoms with van der Waals surface area (Å²) >= 11 is 0. The average molecular weight is 522 g/mol. The summed E-state index contributed by atoms with van der Waals surface area (Å²) in [5, 5.41) is 8.66. The fourth-order valence-electron chi connectivity index (χ4n) is 4.40. The van der Waals surface area contributed by atoms with Gasteiger partial charge in [0.2, 0.25) is 5.91 Å². The van der Waals surface area contributed by atoms with E-state index in [1.807, 2.05) is 12.1 Å². The van der Waals surface area contributed by atoms with Crippen LogP contribution in [0.1, 0.15) is 37.0 Å². The molecule has 2 aromatic carbocycles. The summed E-state index contributed by atoms with van der Waals surface area (Å²) in [6, 6.07) is 15.4. The van der Waals surface area contributed by atoms with Crippen molar-refractivity contribution >= 4 is 17.6 Å². The van der Waals surface area contributed by atoms with E-state index in [2.05, 4.69) is 28.9 Å². The molecule has 1 aromatic heterocycles. The van der Waals surface area contributed by atoms with Crippen LogP contribution in [-0.4, -0.2) is 71.1 Å². The number of aromatic nitrogens is 2. The lowest BCUT2D eigenvalue weighted by atomic mass is 10.1. The quantitative estimate of drug-likeness (QED) is 0.432. The summed E-state index contributed by atoms with van der Waals surface area (Å²) in [5.74, 6) is -0.180. The molecule has 1 saturated heterocycles. The number of carbonyl (C=O) groups excluding carboxylic acids is 2. The number of carbonyl (C=O) groups is 2. The van der Waals surface area contributed by atoms with Gasteiger partial charge in [-0.05, 0) is 73.4 Å². The van der Waals surface area contributed by atoms with Crippen LogP contribution in [0.5, 0.6) is 0 Å². The molecule has 38 heavy (non-hydrogen) atoms. The summed E-state index contributed by atoms with van der Waals surface area (Å²) in [6.07, 6.45) is 1.49. The molecule has 3 aromatic rings. The van der Waals surface area contributed by atoms with Gasteiger partial charge in [0.1, 0.15) is 18.2 Å². The van der Waals surface area contributed by atoms with Crippen molar-refractivity contribution in [2.45, 2.75) is 26.7 Å². The largest absolute Gasteiger partial charge is 0.353 e. The molecule has 4 rings (SSSR count). The molecule has 0 spiro atoms. The van der Waals surface area contributed by atoms with E-state index in [-0.39, 0.29) is 29.7 Å². The standard InChI is InChI=1S/C29H33F2N5O2/c1-21(2)13-16-36(29(38)23-5-3-6-25(31)19-23)20-28(37)35-15-4-14-34(17-18-35)27-12-11-26(32-33-27)22-7-9-24(30)10-8-22/h3,5-12,19,21H,4,13-18,20H2,1-2H3. The second kappa shape index (κ2) is 12.6. The average Bonchev–Trinajstić information content (AvgIpc) is 3.18. The number of hydrogen-bond acceptors (Lipinski definition) is 5. The van der Waals surface area contributed by atoms with Crippen molar-refractivity contribution in [3.63, 3.8) is 0 Å². The van der Waals surface area contributed by atoms with Gasteiger partial charge in [-0.25, -0.2) is 8.78 Å². The predicted molar refractivity (Wildman–Crippen MR) is 143 cm³/mol. The van der Waals surface area contributed by atoms with Crippen LogP contribution in [0, 0.1) is 17.6 Å².